The molecular formula is C52H33NOS. The van der Waals surface area contributed by atoms with Gasteiger partial charge in [-0.05, 0) is 99.3 Å². The molecule has 0 aliphatic carbocycles. The van der Waals surface area contributed by atoms with Gasteiger partial charge in [0.25, 0.3) is 0 Å². The molecule has 11 rings (SSSR count). The van der Waals surface area contributed by atoms with Crippen molar-refractivity contribution in [3.8, 4) is 33.4 Å². The van der Waals surface area contributed by atoms with Gasteiger partial charge in [0.2, 0.25) is 0 Å². The van der Waals surface area contributed by atoms with Crippen molar-refractivity contribution in [1.82, 2.24) is 0 Å². The van der Waals surface area contributed by atoms with Crippen LogP contribution >= 0.6 is 11.3 Å². The topological polar surface area (TPSA) is 16.4 Å². The van der Waals surface area contributed by atoms with E-state index in [2.05, 4.69) is 193 Å². The maximum Gasteiger partial charge on any atom is 0.136 e. The van der Waals surface area contributed by atoms with Crippen molar-refractivity contribution in [3.05, 3.63) is 200 Å². The quantitative estimate of drug-likeness (QED) is 0.170. The minimum absolute atomic E-state index is 0.888. The fraction of sp³-hybridized carbons (Fsp3) is 0. The summed E-state index contributed by atoms with van der Waals surface area (Å²) in [5.41, 5.74) is 12.1. The third-order valence-electron chi connectivity index (χ3n) is 10.9. The lowest BCUT2D eigenvalue weighted by Gasteiger charge is -2.29. The number of para-hydroxylation sites is 2. The van der Waals surface area contributed by atoms with E-state index in [0.717, 1.165) is 55.7 Å². The number of hydrogen-bond donors (Lipinski definition) is 0. The lowest BCUT2D eigenvalue weighted by Crippen LogP contribution is -2.11. The first-order valence-corrected chi connectivity index (χ1v) is 19.5. The van der Waals surface area contributed by atoms with Crippen molar-refractivity contribution in [2.75, 3.05) is 4.90 Å². The number of benzene rings is 9. The molecule has 0 N–H and O–H groups in total. The van der Waals surface area contributed by atoms with Crippen LogP contribution in [0.1, 0.15) is 0 Å². The van der Waals surface area contributed by atoms with Crippen LogP contribution in [0.25, 0.3) is 86.3 Å². The van der Waals surface area contributed by atoms with E-state index in [0.29, 0.717) is 0 Å². The highest BCUT2D eigenvalue weighted by Crippen LogP contribution is 2.48. The van der Waals surface area contributed by atoms with Crippen LogP contribution in [0.2, 0.25) is 0 Å². The number of hydrogen-bond acceptors (Lipinski definition) is 3. The van der Waals surface area contributed by atoms with Gasteiger partial charge in [0.05, 0.1) is 11.4 Å². The monoisotopic (exact) mass is 719 g/mol. The van der Waals surface area contributed by atoms with Crippen molar-refractivity contribution >= 4 is 81.3 Å². The second-order valence-electron chi connectivity index (χ2n) is 14.1. The first-order valence-electron chi connectivity index (χ1n) is 18.7. The summed E-state index contributed by atoms with van der Waals surface area (Å²) in [6.07, 6.45) is 0. The van der Waals surface area contributed by atoms with Gasteiger partial charge in [-0.2, -0.15) is 0 Å². The average Bonchev–Trinajstić information content (AvgIpc) is 3.82. The highest BCUT2D eigenvalue weighted by atomic mass is 32.1. The fourth-order valence-electron chi connectivity index (χ4n) is 8.32. The zero-order chi connectivity index (χ0) is 36.3. The molecule has 2 nitrogen and oxygen atoms in total. The Morgan fingerprint density at radius 1 is 0.364 bits per heavy atom. The lowest BCUT2D eigenvalue weighted by atomic mass is 9.95. The molecule has 9 aromatic carbocycles. The van der Waals surface area contributed by atoms with Crippen LogP contribution in [-0.2, 0) is 0 Å². The molecule has 0 saturated carbocycles. The number of anilines is 3. The predicted molar refractivity (Wildman–Crippen MR) is 235 cm³/mol. The van der Waals surface area contributed by atoms with E-state index in [-0.39, 0.29) is 0 Å². The molecule has 0 unspecified atom stereocenters. The van der Waals surface area contributed by atoms with E-state index >= 15 is 0 Å². The van der Waals surface area contributed by atoms with Gasteiger partial charge in [-0.1, -0.05) is 140 Å². The molecular weight excluding hydrogens is 687 g/mol. The maximum absolute atomic E-state index is 6.40. The largest absolute Gasteiger partial charge is 0.456 e. The molecule has 0 aliphatic rings. The predicted octanol–water partition coefficient (Wildman–Crippen LogP) is 15.6. The molecule has 0 spiro atoms. The highest BCUT2D eigenvalue weighted by molar-refractivity contribution is 7.26. The van der Waals surface area contributed by atoms with Gasteiger partial charge in [0.1, 0.15) is 11.2 Å². The van der Waals surface area contributed by atoms with Crippen LogP contribution in [-0.4, -0.2) is 0 Å². The smallest absolute Gasteiger partial charge is 0.136 e. The van der Waals surface area contributed by atoms with Crippen LogP contribution in [0.5, 0.6) is 0 Å². The van der Waals surface area contributed by atoms with Gasteiger partial charge in [0, 0.05) is 42.2 Å². The molecule has 0 amide bonds. The molecule has 0 radical (unpaired) electrons. The first-order chi connectivity index (χ1) is 27.3. The second kappa shape index (κ2) is 12.9. The molecule has 2 heterocycles. The fourth-order valence-corrected chi connectivity index (χ4v) is 9.45. The molecule has 3 heteroatoms. The summed E-state index contributed by atoms with van der Waals surface area (Å²) in [5, 5.41) is 7.29. The minimum Gasteiger partial charge on any atom is -0.456 e. The van der Waals surface area contributed by atoms with Gasteiger partial charge in [-0.15, -0.1) is 11.3 Å². The number of nitrogens with zero attached hydrogens (tertiary/aromatic N) is 1. The van der Waals surface area contributed by atoms with Crippen molar-refractivity contribution in [2.45, 2.75) is 0 Å². The number of fused-ring (bicyclic) bond motifs is 7. The number of rotatable bonds is 6. The molecule has 0 fully saturated rings. The third-order valence-corrected chi connectivity index (χ3v) is 12.0. The molecule has 0 saturated heterocycles. The van der Waals surface area contributed by atoms with Gasteiger partial charge in [0.15, 0.2) is 0 Å². The lowest BCUT2D eigenvalue weighted by molar-refractivity contribution is 0.669. The van der Waals surface area contributed by atoms with E-state index in [1.165, 1.54) is 47.6 Å². The van der Waals surface area contributed by atoms with E-state index < -0.39 is 0 Å². The van der Waals surface area contributed by atoms with Crippen molar-refractivity contribution in [3.63, 3.8) is 0 Å². The van der Waals surface area contributed by atoms with Gasteiger partial charge in [-0.3, -0.25) is 0 Å². The van der Waals surface area contributed by atoms with Crippen molar-refractivity contribution in [2.24, 2.45) is 0 Å². The Balaban J connectivity index is 1.11. The third kappa shape index (κ3) is 5.32. The normalized spacial score (nSPS) is 11.6. The molecule has 0 aliphatic heterocycles. The first kappa shape index (κ1) is 31.6. The maximum atomic E-state index is 6.40. The zero-order valence-corrected chi connectivity index (χ0v) is 30.6. The standard InChI is InChI=1S/C52H33NOS/c1-2-19-40-34(13-1)14-11-23-41(40)37-17-9-15-35(31-37)36-16-10-18-39(32-36)53(47-25-12-28-51-52(47)45-22-5-8-27-50(45)55-51)46-24-6-3-20-42(46)38-29-30-44-43-21-4-7-26-48(43)54-49(44)33-38/h1-33H. The minimum atomic E-state index is 0.888. The van der Waals surface area contributed by atoms with E-state index in [9.17, 15) is 0 Å². The van der Waals surface area contributed by atoms with Crippen molar-refractivity contribution < 1.29 is 4.42 Å². The van der Waals surface area contributed by atoms with Crippen LogP contribution in [0.15, 0.2) is 205 Å². The SMILES string of the molecule is c1cc(-c2cccc(N(c3ccccc3-c3ccc4c(c3)oc3ccccc34)c3cccc4sc5ccccc5c34)c2)cc(-c2cccc3ccccc23)c1. The van der Waals surface area contributed by atoms with Crippen molar-refractivity contribution in [1.29, 1.82) is 0 Å². The molecule has 258 valence electrons. The van der Waals surface area contributed by atoms with Gasteiger partial charge in [-0.25, -0.2) is 0 Å². The van der Waals surface area contributed by atoms with E-state index in [1.54, 1.807) is 0 Å². The summed E-state index contributed by atoms with van der Waals surface area (Å²) in [7, 11) is 0. The van der Waals surface area contributed by atoms with Crippen LogP contribution in [0.4, 0.5) is 17.1 Å². The highest BCUT2D eigenvalue weighted by Gasteiger charge is 2.22. The summed E-state index contributed by atoms with van der Waals surface area (Å²) < 4.78 is 8.95. The summed E-state index contributed by atoms with van der Waals surface area (Å²) in [4.78, 5) is 2.46. The molecule has 2 aromatic heterocycles. The van der Waals surface area contributed by atoms with Crippen LogP contribution < -0.4 is 4.90 Å². The Labute approximate surface area is 322 Å². The Kier molecular flexibility index (Phi) is 7.39. The summed E-state index contributed by atoms with van der Waals surface area (Å²) in [6.45, 7) is 0. The summed E-state index contributed by atoms with van der Waals surface area (Å²) in [6, 6.07) is 72.3. The van der Waals surface area contributed by atoms with Gasteiger partial charge < -0.3 is 9.32 Å². The Morgan fingerprint density at radius 2 is 0.982 bits per heavy atom. The molecule has 0 bridgehead atoms. The van der Waals surface area contributed by atoms with Crippen LogP contribution in [0, 0.1) is 0 Å². The van der Waals surface area contributed by atoms with Gasteiger partial charge >= 0.3 is 0 Å². The number of furan rings is 1. The molecule has 0 atom stereocenters. The Bertz CT molecular complexity index is 3240. The Morgan fingerprint density at radius 3 is 1.93 bits per heavy atom. The average molecular weight is 720 g/mol. The molecule has 55 heavy (non-hydrogen) atoms. The van der Waals surface area contributed by atoms with Crippen LogP contribution in [0.3, 0.4) is 0 Å². The Hall–Kier alpha value is -6.94. The number of thiophene rings is 1. The molecule has 11 aromatic rings. The zero-order valence-electron chi connectivity index (χ0n) is 29.8. The summed E-state index contributed by atoms with van der Waals surface area (Å²) >= 11 is 1.85. The summed E-state index contributed by atoms with van der Waals surface area (Å²) in [5.74, 6) is 0. The van der Waals surface area contributed by atoms with E-state index in [4.69, 9.17) is 4.42 Å². The van der Waals surface area contributed by atoms with E-state index in [1.807, 2.05) is 23.5 Å². The second-order valence-corrected chi connectivity index (χ2v) is 15.2.